The number of aryl methyl sites for hydroxylation is 1. The van der Waals surface area contributed by atoms with Crippen LogP contribution in [-0.4, -0.2) is 41.3 Å². The Bertz CT molecular complexity index is 1010. The van der Waals surface area contributed by atoms with E-state index < -0.39 is 10.0 Å². The maximum absolute atomic E-state index is 12.2. The van der Waals surface area contributed by atoms with E-state index >= 15 is 0 Å². The first kappa shape index (κ1) is 16.4. The average Bonchev–Trinajstić information content (AvgIpc) is 3.18. The molecule has 0 radical (unpaired) electrons. The van der Waals surface area contributed by atoms with Gasteiger partial charge in [0.15, 0.2) is 11.5 Å². The number of thiophene rings is 1. The largest absolute Gasteiger partial charge is 0.367 e. The van der Waals surface area contributed by atoms with Gasteiger partial charge in [-0.25, -0.2) is 13.1 Å². The normalized spacial score (nSPS) is 14.9. The number of rotatable bonds is 7. The van der Waals surface area contributed by atoms with E-state index in [0.29, 0.717) is 22.5 Å². The summed E-state index contributed by atoms with van der Waals surface area (Å²) in [6, 6.07) is 7.09. The molecule has 4 rings (SSSR count). The minimum atomic E-state index is -3.45. The number of aromatic nitrogens is 4. The molecule has 0 unspecified atom stereocenters. The number of nitrogens with zero attached hydrogens (tertiary/aromatic N) is 4. The third kappa shape index (κ3) is 3.51. The fraction of sp³-hybridized carbons (Fsp3) is 0.400. The molecule has 0 saturated heterocycles. The molecular weight excluding hydrogens is 360 g/mol. The monoisotopic (exact) mass is 378 g/mol. The fourth-order valence-corrected chi connectivity index (χ4v) is 4.86. The zero-order valence-corrected chi connectivity index (χ0v) is 15.3. The highest BCUT2D eigenvalue weighted by Crippen LogP contribution is 2.38. The van der Waals surface area contributed by atoms with Gasteiger partial charge in [0.1, 0.15) is 10.0 Å². The first-order valence-corrected chi connectivity index (χ1v) is 10.4. The summed E-state index contributed by atoms with van der Waals surface area (Å²) in [5.74, 6) is 2.02. The maximum atomic E-state index is 12.2. The third-order valence-electron chi connectivity index (χ3n) is 3.93. The van der Waals surface area contributed by atoms with Gasteiger partial charge in [0, 0.05) is 23.9 Å². The molecule has 0 aromatic carbocycles. The van der Waals surface area contributed by atoms with Crippen molar-refractivity contribution in [1.29, 1.82) is 0 Å². The molecule has 132 valence electrons. The molecule has 0 atom stereocenters. The molecule has 3 heterocycles. The Morgan fingerprint density at radius 1 is 1.20 bits per heavy atom. The Labute approximate surface area is 149 Å². The Morgan fingerprint density at radius 3 is 2.76 bits per heavy atom. The first-order valence-electron chi connectivity index (χ1n) is 8.05. The van der Waals surface area contributed by atoms with Gasteiger partial charge >= 0.3 is 0 Å². The standard InChI is InChI=1S/C15H18N6O2S2/c1-10-2-7-14(24-10)25(22,23)17-9-8-16-12-5-6-13-18-19-15(11-3-4-11)21(13)20-12/h2,5-7,11,17H,3-4,8-9H2,1H3,(H,16,20). The van der Waals surface area contributed by atoms with E-state index in [1.54, 1.807) is 16.6 Å². The van der Waals surface area contributed by atoms with Gasteiger partial charge in [-0.2, -0.15) is 4.52 Å². The van der Waals surface area contributed by atoms with Crippen molar-refractivity contribution in [3.05, 3.63) is 35.0 Å². The predicted octanol–water partition coefficient (Wildman–Crippen LogP) is 1.76. The number of nitrogens with one attached hydrogen (secondary N) is 2. The molecule has 0 spiro atoms. The molecule has 10 heteroatoms. The van der Waals surface area contributed by atoms with Crippen molar-refractivity contribution in [3.8, 4) is 0 Å². The van der Waals surface area contributed by atoms with Gasteiger partial charge in [0.05, 0.1) is 0 Å². The highest BCUT2D eigenvalue weighted by Gasteiger charge is 2.29. The Kier molecular flexibility index (Phi) is 4.18. The molecular formula is C15H18N6O2S2. The number of hydrogen-bond acceptors (Lipinski definition) is 7. The van der Waals surface area contributed by atoms with Crippen LogP contribution < -0.4 is 10.0 Å². The highest BCUT2D eigenvalue weighted by molar-refractivity contribution is 7.91. The highest BCUT2D eigenvalue weighted by atomic mass is 32.2. The zero-order chi connectivity index (χ0) is 17.4. The molecule has 0 aliphatic heterocycles. The summed E-state index contributed by atoms with van der Waals surface area (Å²) >= 11 is 1.26. The Morgan fingerprint density at radius 2 is 2.04 bits per heavy atom. The molecule has 0 bridgehead atoms. The van der Waals surface area contributed by atoms with Crippen LogP contribution in [0.1, 0.15) is 29.5 Å². The van der Waals surface area contributed by atoms with Gasteiger partial charge in [0.2, 0.25) is 10.0 Å². The lowest BCUT2D eigenvalue weighted by Crippen LogP contribution is -2.28. The Balaban J connectivity index is 1.37. The van der Waals surface area contributed by atoms with Crippen molar-refractivity contribution >= 4 is 32.8 Å². The van der Waals surface area contributed by atoms with E-state index in [2.05, 4.69) is 25.3 Å². The van der Waals surface area contributed by atoms with Crippen LogP contribution in [0.15, 0.2) is 28.5 Å². The van der Waals surface area contributed by atoms with Gasteiger partial charge < -0.3 is 5.32 Å². The van der Waals surface area contributed by atoms with E-state index in [-0.39, 0.29) is 6.54 Å². The van der Waals surface area contributed by atoms with Crippen LogP contribution in [0.5, 0.6) is 0 Å². The van der Waals surface area contributed by atoms with E-state index in [1.165, 1.54) is 11.3 Å². The van der Waals surface area contributed by atoms with Gasteiger partial charge in [-0.15, -0.1) is 26.6 Å². The maximum Gasteiger partial charge on any atom is 0.250 e. The van der Waals surface area contributed by atoms with Crippen molar-refractivity contribution in [1.82, 2.24) is 24.5 Å². The number of anilines is 1. The minimum Gasteiger partial charge on any atom is -0.367 e. The predicted molar refractivity (Wildman–Crippen MR) is 95.5 cm³/mol. The van der Waals surface area contributed by atoms with Crippen LogP contribution in [0, 0.1) is 6.92 Å². The van der Waals surface area contributed by atoms with Crippen LogP contribution >= 0.6 is 11.3 Å². The SMILES string of the molecule is Cc1ccc(S(=O)(=O)NCCNc2ccc3nnc(C4CC4)n3n2)s1. The van der Waals surface area contributed by atoms with E-state index in [1.807, 2.05) is 19.1 Å². The second-order valence-corrected chi connectivity index (χ2v) is 9.29. The summed E-state index contributed by atoms with van der Waals surface area (Å²) in [5.41, 5.74) is 0.723. The summed E-state index contributed by atoms with van der Waals surface area (Å²) in [5, 5.41) is 15.9. The van der Waals surface area contributed by atoms with Gasteiger partial charge in [0.25, 0.3) is 0 Å². The molecule has 0 amide bonds. The number of hydrogen-bond donors (Lipinski definition) is 2. The molecule has 2 N–H and O–H groups in total. The third-order valence-corrected chi connectivity index (χ3v) is 6.89. The summed E-state index contributed by atoms with van der Waals surface area (Å²) < 4.78 is 29.0. The topological polar surface area (TPSA) is 101 Å². The van der Waals surface area contributed by atoms with Gasteiger partial charge in [-0.1, -0.05) is 0 Å². The zero-order valence-electron chi connectivity index (χ0n) is 13.6. The quantitative estimate of drug-likeness (QED) is 0.608. The molecule has 25 heavy (non-hydrogen) atoms. The van der Waals surface area contributed by atoms with Crippen LogP contribution in [0.3, 0.4) is 0 Å². The van der Waals surface area contributed by atoms with Crippen LogP contribution in [0.4, 0.5) is 5.82 Å². The lowest BCUT2D eigenvalue weighted by molar-refractivity contribution is 0.585. The summed E-state index contributed by atoms with van der Waals surface area (Å²) in [6.45, 7) is 2.59. The number of fused-ring (bicyclic) bond motifs is 1. The average molecular weight is 378 g/mol. The van der Waals surface area contributed by atoms with Crippen molar-refractivity contribution in [2.75, 3.05) is 18.4 Å². The molecule has 1 aliphatic carbocycles. The fourth-order valence-electron chi connectivity index (χ4n) is 2.50. The number of sulfonamides is 1. The van der Waals surface area contributed by atoms with Crippen molar-refractivity contribution in [2.45, 2.75) is 29.9 Å². The van der Waals surface area contributed by atoms with Crippen molar-refractivity contribution in [2.24, 2.45) is 0 Å². The lowest BCUT2D eigenvalue weighted by Gasteiger charge is -2.07. The second-order valence-electron chi connectivity index (χ2n) is 6.01. The Hall–Kier alpha value is -2.04. The van der Waals surface area contributed by atoms with E-state index in [4.69, 9.17) is 0 Å². The molecule has 8 nitrogen and oxygen atoms in total. The molecule has 1 aliphatic rings. The first-order chi connectivity index (χ1) is 12.0. The minimum absolute atomic E-state index is 0.274. The van der Waals surface area contributed by atoms with Crippen LogP contribution in [-0.2, 0) is 10.0 Å². The van der Waals surface area contributed by atoms with Gasteiger partial charge in [-0.05, 0) is 44.0 Å². The molecule has 1 fully saturated rings. The van der Waals surface area contributed by atoms with E-state index in [0.717, 1.165) is 29.2 Å². The van der Waals surface area contributed by atoms with Gasteiger partial charge in [-0.3, -0.25) is 0 Å². The smallest absolute Gasteiger partial charge is 0.250 e. The van der Waals surface area contributed by atoms with Crippen LogP contribution in [0.2, 0.25) is 0 Å². The molecule has 3 aromatic heterocycles. The molecule has 1 saturated carbocycles. The van der Waals surface area contributed by atoms with E-state index in [9.17, 15) is 8.42 Å². The lowest BCUT2D eigenvalue weighted by atomic mass is 10.4. The van der Waals surface area contributed by atoms with Crippen LogP contribution in [0.25, 0.3) is 5.65 Å². The van der Waals surface area contributed by atoms with Crippen molar-refractivity contribution in [3.63, 3.8) is 0 Å². The summed E-state index contributed by atoms with van der Waals surface area (Å²) in [7, 11) is -3.45. The van der Waals surface area contributed by atoms with Crippen molar-refractivity contribution < 1.29 is 8.42 Å². The summed E-state index contributed by atoms with van der Waals surface area (Å²) in [4.78, 5) is 0.969. The molecule has 3 aromatic rings. The summed E-state index contributed by atoms with van der Waals surface area (Å²) in [6.07, 6.45) is 2.26. The second kappa shape index (κ2) is 6.36.